The van der Waals surface area contributed by atoms with Crippen LogP contribution in [0.1, 0.15) is 64.1 Å². The molecule has 3 amide bonds. The zero-order chi connectivity index (χ0) is 25.7. The van der Waals surface area contributed by atoms with Crippen LogP contribution in [0, 0.1) is 6.92 Å². The highest BCUT2D eigenvalue weighted by atomic mass is 32.2. The number of thioether (sulfide) groups is 1. The summed E-state index contributed by atoms with van der Waals surface area (Å²) >= 11 is 1.55. The van der Waals surface area contributed by atoms with Crippen molar-refractivity contribution in [1.29, 1.82) is 0 Å². The number of alkyl carbamates (subject to hydrolysis) is 1. The van der Waals surface area contributed by atoms with E-state index in [2.05, 4.69) is 10.6 Å². The van der Waals surface area contributed by atoms with E-state index in [4.69, 9.17) is 4.74 Å². The lowest BCUT2D eigenvalue weighted by molar-refractivity contribution is -0.143. The molecule has 0 aliphatic rings. The van der Waals surface area contributed by atoms with Crippen molar-refractivity contribution in [1.82, 2.24) is 15.5 Å². The number of aliphatic hydroxyl groups excluding tert-OH is 1. The monoisotopic (exact) mass is 495 g/mol. The van der Waals surface area contributed by atoms with E-state index in [1.165, 1.54) is 4.90 Å². The average Bonchev–Trinajstić information content (AvgIpc) is 2.76. The Morgan fingerprint density at radius 1 is 1.18 bits per heavy atom. The summed E-state index contributed by atoms with van der Waals surface area (Å²) in [5.74, 6) is -0.137. The van der Waals surface area contributed by atoms with Gasteiger partial charge in [-0.3, -0.25) is 9.59 Å². The Labute approximate surface area is 208 Å². The molecule has 34 heavy (non-hydrogen) atoms. The normalized spacial score (nSPS) is 13.0. The van der Waals surface area contributed by atoms with E-state index < -0.39 is 29.7 Å². The molecule has 1 aromatic rings. The number of amides is 3. The van der Waals surface area contributed by atoms with Gasteiger partial charge in [-0.25, -0.2) is 4.79 Å². The Morgan fingerprint density at radius 3 is 2.35 bits per heavy atom. The molecule has 8 nitrogen and oxygen atoms in total. The molecule has 0 aromatic heterocycles. The number of unbranched alkanes of at least 4 members (excludes halogenated alkanes) is 1. The highest BCUT2D eigenvalue weighted by Crippen LogP contribution is 2.24. The van der Waals surface area contributed by atoms with Gasteiger partial charge < -0.3 is 25.4 Å². The molecule has 3 N–H and O–H groups in total. The van der Waals surface area contributed by atoms with E-state index in [1.54, 1.807) is 32.5 Å². The average molecular weight is 496 g/mol. The first-order valence-electron chi connectivity index (χ1n) is 11.8. The van der Waals surface area contributed by atoms with Gasteiger partial charge in [0.2, 0.25) is 11.8 Å². The van der Waals surface area contributed by atoms with E-state index in [0.29, 0.717) is 24.3 Å². The van der Waals surface area contributed by atoms with Crippen molar-refractivity contribution in [2.75, 3.05) is 31.7 Å². The van der Waals surface area contributed by atoms with Gasteiger partial charge >= 0.3 is 6.09 Å². The van der Waals surface area contributed by atoms with Gasteiger partial charge in [-0.15, -0.1) is 0 Å². The first-order chi connectivity index (χ1) is 16.0. The lowest BCUT2D eigenvalue weighted by Gasteiger charge is -2.34. The topological polar surface area (TPSA) is 108 Å². The fourth-order valence-electron chi connectivity index (χ4n) is 3.32. The summed E-state index contributed by atoms with van der Waals surface area (Å²) in [6.07, 6.45) is 3.31. The minimum Gasteiger partial charge on any atom is -0.444 e. The summed E-state index contributed by atoms with van der Waals surface area (Å²) in [7, 11) is 0. The van der Waals surface area contributed by atoms with Gasteiger partial charge in [0.05, 0.1) is 6.61 Å². The number of rotatable bonds is 13. The summed E-state index contributed by atoms with van der Waals surface area (Å²) in [6.45, 7) is 9.34. The molecular weight excluding hydrogens is 454 g/mol. The standard InChI is InChI=1S/C25H41N3O5S/c1-7-8-14-26-22(30)21(19-11-9-18(2)10-12-19)28(15-16-29)23(31)20(13-17-34-6)27-24(32)33-25(3,4)5/h9-12,20-21,29H,7-8,13-17H2,1-6H3,(H,26,30)(H,27,32). The van der Waals surface area contributed by atoms with Crippen LogP contribution < -0.4 is 10.6 Å². The summed E-state index contributed by atoms with van der Waals surface area (Å²) in [4.78, 5) is 40.8. The molecule has 0 spiro atoms. The number of benzene rings is 1. The molecule has 2 atom stereocenters. The van der Waals surface area contributed by atoms with Crippen LogP contribution in [0.5, 0.6) is 0 Å². The number of aliphatic hydroxyl groups is 1. The van der Waals surface area contributed by atoms with Crippen molar-refractivity contribution in [2.24, 2.45) is 0 Å². The smallest absolute Gasteiger partial charge is 0.408 e. The van der Waals surface area contributed by atoms with Crippen molar-refractivity contribution in [2.45, 2.75) is 71.6 Å². The second kappa shape index (κ2) is 14.9. The summed E-state index contributed by atoms with van der Waals surface area (Å²) in [5, 5.41) is 15.4. The van der Waals surface area contributed by atoms with Crippen molar-refractivity contribution >= 4 is 29.7 Å². The van der Waals surface area contributed by atoms with Crippen LogP contribution in [0.25, 0.3) is 0 Å². The number of hydrogen-bond donors (Lipinski definition) is 3. The van der Waals surface area contributed by atoms with Gasteiger partial charge in [-0.2, -0.15) is 11.8 Å². The van der Waals surface area contributed by atoms with Crippen molar-refractivity contribution in [3.63, 3.8) is 0 Å². The molecule has 0 saturated carbocycles. The lowest BCUT2D eigenvalue weighted by Crippen LogP contribution is -2.54. The highest BCUT2D eigenvalue weighted by Gasteiger charge is 2.35. The van der Waals surface area contributed by atoms with Crippen LogP contribution in [0.4, 0.5) is 4.79 Å². The van der Waals surface area contributed by atoms with Gasteiger partial charge in [0.15, 0.2) is 0 Å². The van der Waals surface area contributed by atoms with Crippen LogP contribution >= 0.6 is 11.8 Å². The van der Waals surface area contributed by atoms with Gasteiger partial charge in [0, 0.05) is 13.1 Å². The molecule has 192 valence electrons. The van der Waals surface area contributed by atoms with Crippen molar-refractivity contribution in [3.05, 3.63) is 35.4 Å². The van der Waals surface area contributed by atoms with Gasteiger partial charge in [0.25, 0.3) is 0 Å². The molecule has 1 rings (SSSR count). The predicted octanol–water partition coefficient (Wildman–Crippen LogP) is 3.42. The fraction of sp³-hybridized carbons (Fsp3) is 0.640. The Bertz CT molecular complexity index is 780. The molecule has 0 fully saturated rings. The quantitative estimate of drug-likeness (QED) is 0.362. The first kappa shape index (κ1) is 29.8. The van der Waals surface area contributed by atoms with Crippen LogP contribution in [-0.2, 0) is 14.3 Å². The zero-order valence-electron chi connectivity index (χ0n) is 21.3. The van der Waals surface area contributed by atoms with Crippen LogP contribution in [0.3, 0.4) is 0 Å². The van der Waals surface area contributed by atoms with Crippen molar-refractivity contribution in [3.8, 4) is 0 Å². The molecule has 0 aliphatic carbocycles. The molecule has 2 unspecified atom stereocenters. The van der Waals surface area contributed by atoms with E-state index in [-0.39, 0.29) is 19.1 Å². The van der Waals surface area contributed by atoms with Crippen LogP contribution in [0.2, 0.25) is 0 Å². The summed E-state index contributed by atoms with van der Waals surface area (Å²) < 4.78 is 5.35. The SMILES string of the molecule is CCCCNC(=O)C(c1ccc(C)cc1)N(CCO)C(=O)C(CCSC)NC(=O)OC(C)(C)C. The maximum absolute atomic E-state index is 13.7. The molecule has 1 aromatic carbocycles. The highest BCUT2D eigenvalue weighted by molar-refractivity contribution is 7.98. The second-order valence-electron chi connectivity index (χ2n) is 9.19. The van der Waals surface area contributed by atoms with Crippen LogP contribution in [-0.4, -0.2) is 71.3 Å². The Morgan fingerprint density at radius 2 is 1.82 bits per heavy atom. The van der Waals surface area contributed by atoms with Gasteiger partial charge in [-0.1, -0.05) is 43.2 Å². The Kier molecular flexibility index (Phi) is 13.0. The van der Waals surface area contributed by atoms with E-state index >= 15 is 0 Å². The largest absolute Gasteiger partial charge is 0.444 e. The third kappa shape index (κ3) is 10.3. The summed E-state index contributed by atoms with van der Waals surface area (Å²) in [6, 6.07) is 5.56. The molecule has 9 heteroatoms. The number of nitrogens with one attached hydrogen (secondary N) is 2. The zero-order valence-corrected chi connectivity index (χ0v) is 22.2. The number of nitrogens with zero attached hydrogens (tertiary/aromatic N) is 1. The van der Waals surface area contributed by atoms with Crippen molar-refractivity contribution < 1.29 is 24.2 Å². The number of ether oxygens (including phenoxy) is 1. The minimum absolute atomic E-state index is 0.0512. The van der Waals surface area contributed by atoms with E-state index in [1.807, 2.05) is 44.4 Å². The number of carbonyl (C=O) groups is 3. The maximum atomic E-state index is 13.7. The number of aryl methyl sites for hydroxylation is 1. The fourth-order valence-corrected chi connectivity index (χ4v) is 3.80. The third-order valence-electron chi connectivity index (χ3n) is 5.01. The van der Waals surface area contributed by atoms with E-state index in [9.17, 15) is 19.5 Å². The molecule has 0 bridgehead atoms. The second-order valence-corrected chi connectivity index (χ2v) is 10.2. The molecule has 0 saturated heterocycles. The maximum Gasteiger partial charge on any atom is 0.408 e. The molecule has 0 aliphatic heterocycles. The van der Waals surface area contributed by atoms with Gasteiger partial charge in [-0.05, 0) is 58.1 Å². The molecule has 0 radical (unpaired) electrons. The van der Waals surface area contributed by atoms with Gasteiger partial charge in [0.1, 0.15) is 17.7 Å². The third-order valence-corrected chi connectivity index (χ3v) is 5.65. The molecule has 0 heterocycles. The Hall–Kier alpha value is -2.26. The predicted molar refractivity (Wildman–Crippen MR) is 137 cm³/mol. The van der Waals surface area contributed by atoms with E-state index in [0.717, 1.165) is 18.4 Å². The minimum atomic E-state index is -0.936. The number of carbonyl (C=O) groups excluding carboxylic acids is 3. The Balaban J connectivity index is 3.31. The lowest BCUT2D eigenvalue weighted by atomic mass is 10.0. The van der Waals surface area contributed by atoms with Crippen LogP contribution in [0.15, 0.2) is 24.3 Å². The summed E-state index contributed by atoms with van der Waals surface area (Å²) in [5.41, 5.74) is 0.951. The number of hydrogen-bond acceptors (Lipinski definition) is 6. The molecular formula is C25H41N3O5S. The first-order valence-corrected chi connectivity index (χ1v) is 13.2.